The van der Waals surface area contributed by atoms with Gasteiger partial charge in [-0.25, -0.2) is 4.79 Å². The molecule has 3 nitrogen and oxygen atoms in total. The van der Waals surface area contributed by atoms with E-state index in [1.807, 2.05) is 33.8 Å². The zero-order valence-corrected chi connectivity index (χ0v) is 14.2. The molecule has 1 heterocycles. The van der Waals surface area contributed by atoms with Gasteiger partial charge in [-0.3, -0.25) is 4.57 Å². The van der Waals surface area contributed by atoms with Crippen LogP contribution in [0.2, 0.25) is 0 Å². The Bertz CT molecular complexity index is 665. The molecule has 20 heavy (non-hydrogen) atoms. The highest BCUT2D eigenvalue weighted by molar-refractivity contribution is 9.08. The van der Waals surface area contributed by atoms with Crippen LogP contribution in [0.1, 0.15) is 37.5 Å². The first kappa shape index (κ1) is 15.1. The molecule has 0 saturated heterocycles. The Kier molecular flexibility index (Phi) is 3.96. The summed E-state index contributed by atoms with van der Waals surface area (Å²) in [6.45, 7) is 9.73. The fraction of sp³-hybridized carbons (Fsp3) is 0.438. The van der Waals surface area contributed by atoms with E-state index in [4.69, 9.17) is 4.74 Å². The zero-order chi connectivity index (χ0) is 15.1. The highest BCUT2D eigenvalue weighted by Crippen LogP contribution is 2.29. The Balaban J connectivity index is 2.60. The number of aromatic nitrogens is 1. The van der Waals surface area contributed by atoms with Gasteiger partial charge in [0.25, 0.3) is 0 Å². The van der Waals surface area contributed by atoms with Gasteiger partial charge in [-0.1, -0.05) is 22.0 Å². The molecule has 2 rings (SSSR count). The third kappa shape index (κ3) is 2.75. The Morgan fingerprint density at radius 2 is 1.95 bits per heavy atom. The van der Waals surface area contributed by atoms with Crippen LogP contribution in [0.25, 0.3) is 10.9 Å². The number of alkyl halides is 1. The molecule has 0 aliphatic heterocycles. The number of carbonyl (C=O) groups excluding carboxylic acids is 1. The maximum atomic E-state index is 12.3. The minimum absolute atomic E-state index is 0.333. The average Bonchev–Trinajstić information content (AvgIpc) is 2.72. The summed E-state index contributed by atoms with van der Waals surface area (Å²) in [5.41, 5.74) is 3.96. The molecule has 0 atom stereocenters. The number of nitrogens with zero attached hydrogens (tertiary/aromatic N) is 1. The van der Waals surface area contributed by atoms with Gasteiger partial charge in [0, 0.05) is 16.9 Å². The summed E-state index contributed by atoms with van der Waals surface area (Å²) >= 11 is 3.52. The zero-order valence-electron chi connectivity index (χ0n) is 12.6. The Labute approximate surface area is 128 Å². The molecule has 2 aromatic rings. The lowest BCUT2D eigenvalue weighted by atomic mass is 10.0. The van der Waals surface area contributed by atoms with Gasteiger partial charge in [-0.2, -0.15) is 0 Å². The molecule has 0 radical (unpaired) electrons. The fourth-order valence-electron chi connectivity index (χ4n) is 2.41. The summed E-state index contributed by atoms with van der Waals surface area (Å²) in [7, 11) is 0. The molecule has 0 aliphatic rings. The molecule has 1 aromatic carbocycles. The number of aryl methyl sites for hydroxylation is 2. The Morgan fingerprint density at radius 3 is 2.50 bits per heavy atom. The quantitative estimate of drug-likeness (QED) is 0.690. The van der Waals surface area contributed by atoms with Gasteiger partial charge < -0.3 is 4.74 Å². The van der Waals surface area contributed by atoms with Gasteiger partial charge in [0.15, 0.2) is 0 Å². The fourth-order valence-corrected chi connectivity index (χ4v) is 3.16. The van der Waals surface area contributed by atoms with Crippen molar-refractivity contribution in [3.8, 4) is 0 Å². The van der Waals surface area contributed by atoms with Gasteiger partial charge in [0.2, 0.25) is 0 Å². The number of rotatable bonds is 1. The topological polar surface area (TPSA) is 31.2 Å². The summed E-state index contributed by atoms with van der Waals surface area (Å²) in [5, 5.41) is 1.87. The Hall–Kier alpha value is -1.29. The SMILES string of the molecule is Cc1cc(C)c2c(ccn2C(=O)OC(C)(C)C)c1CBr. The summed E-state index contributed by atoms with van der Waals surface area (Å²) in [5.74, 6) is 0. The van der Waals surface area contributed by atoms with E-state index in [1.54, 1.807) is 10.8 Å². The summed E-state index contributed by atoms with van der Waals surface area (Å²) in [4.78, 5) is 12.3. The maximum absolute atomic E-state index is 12.3. The standard InChI is InChI=1S/C16H20BrNO2/c1-10-8-11(2)14-12(13(10)9-17)6-7-18(14)15(19)20-16(3,4)5/h6-8H,9H2,1-5H3. The molecule has 108 valence electrons. The van der Waals surface area contributed by atoms with Crippen molar-refractivity contribution in [3.63, 3.8) is 0 Å². The largest absolute Gasteiger partial charge is 0.443 e. The van der Waals surface area contributed by atoms with Crippen LogP contribution in [0, 0.1) is 13.8 Å². The van der Waals surface area contributed by atoms with E-state index in [-0.39, 0.29) is 6.09 Å². The number of hydrogen-bond acceptors (Lipinski definition) is 2. The molecule has 0 saturated carbocycles. The van der Waals surface area contributed by atoms with Gasteiger partial charge >= 0.3 is 6.09 Å². The minimum Gasteiger partial charge on any atom is -0.443 e. The average molecular weight is 338 g/mol. The van der Waals surface area contributed by atoms with E-state index in [9.17, 15) is 4.79 Å². The molecule has 0 N–H and O–H groups in total. The second kappa shape index (κ2) is 5.24. The van der Waals surface area contributed by atoms with Crippen LogP contribution in [-0.2, 0) is 10.1 Å². The van der Waals surface area contributed by atoms with Crippen LogP contribution in [0.15, 0.2) is 18.3 Å². The van der Waals surface area contributed by atoms with E-state index in [1.165, 1.54) is 11.1 Å². The molecule has 0 amide bonds. The first-order valence-corrected chi connectivity index (χ1v) is 7.76. The minimum atomic E-state index is -0.496. The number of halogens is 1. The maximum Gasteiger partial charge on any atom is 0.418 e. The predicted octanol–water partition coefficient (Wildman–Crippen LogP) is 4.94. The van der Waals surface area contributed by atoms with Crippen molar-refractivity contribution in [1.82, 2.24) is 4.57 Å². The molecular weight excluding hydrogens is 318 g/mol. The molecule has 0 unspecified atom stereocenters. The van der Waals surface area contributed by atoms with Gasteiger partial charge in [0.05, 0.1) is 5.52 Å². The lowest BCUT2D eigenvalue weighted by Crippen LogP contribution is -2.26. The van der Waals surface area contributed by atoms with Crippen LogP contribution in [0.4, 0.5) is 4.79 Å². The molecular formula is C16H20BrNO2. The van der Waals surface area contributed by atoms with Gasteiger partial charge in [-0.15, -0.1) is 0 Å². The predicted molar refractivity (Wildman–Crippen MR) is 85.7 cm³/mol. The molecule has 0 spiro atoms. The van der Waals surface area contributed by atoms with Crippen molar-refractivity contribution < 1.29 is 9.53 Å². The summed E-state index contributed by atoms with van der Waals surface area (Å²) < 4.78 is 7.06. The van der Waals surface area contributed by atoms with Crippen molar-refractivity contribution in [1.29, 1.82) is 0 Å². The van der Waals surface area contributed by atoms with E-state index >= 15 is 0 Å². The monoisotopic (exact) mass is 337 g/mol. The van der Waals surface area contributed by atoms with Crippen molar-refractivity contribution >= 4 is 32.9 Å². The third-order valence-corrected chi connectivity index (χ3v) is 3.78. The first-order valence-electron chi connectivity index (χ1n) is 6.64. The van der Waals surface area contributed by atoms with Crippen molar-refractivity contribution in [2.24, 2.45) is 0 Å². The van der Waals surface area contributed by atoms with Crippen molar-refractivity contribution in [2.75, 3.05) is 0 Å². The molecule has 0 aliphatic carbocycles. The molecule has 0 fully saturated rings. The van der Waals surface area contributed by atoms with Crippen LogP contribution < -0.4 is 0 Å². The third-order valence-electron chi connectivity index (χ3n) is 3.22. The van der Waals surface area contributed by atoms with E-state index in [0.29, 0.717) is 0 Å². The summed E-state index contributed by atoms with van der Waals surface area (Å²) in [6, 6.07) is 4.09. The normalized spacial score (nSPS) is 11.9. The highest BCUT2D eigenvalue weighted by Gasteiger charge is 2.20. The lowest BCUT2D eigenvalue weighted by Gasteiger charge is -2.20. The number of hydrogen-bond donors (Lipinski definition) is 0. The molecule has 0 bridgehead atoms. The Morgan fingerprint density at radius 1 is 1.30 bits per heavy atom. The molecule has 4 heteroatoms. The van der Waals surface area contributed by atoms with Crippen molar-refractivity contribution in [3.05, 3.63) is 35.0 Å². The van der Waals surface area contributed by atoms with E-state index < -0.39 is 5.60 Å². The van der Waals surface area contributed by atoms with Gasteiger partial charge in [-0.05, 0) is 57.4 Å². The second-order valence-electron chi connectivity index (χ2n) is 6.05. The number of carbonyl (C=O) groups is 1. The van der Waals surface area contributed by atoms with Crippen LogP contribution >= 0.6 is 15.9 Å². The highest BCUT2D eigenvalue weighted by atomic mass is 79.9. The van der Waals surface area contributed by atoms with Crippen LogP contribution in [-0.4, -0.2) is 16.3 Å². The van der Waals surface area contributed by atoms with Crippen molar-refractivity contribution in [2.45, 2.75) is 45.5 Å². The van der Waals surface area contributed by atoms with Crippen LogP contribution in [0.3, 0.4) is 0 Å². The smallest absolute Gasteiger partial charge is 0.418 e. The van der Waals surface area contributed by atoms with E-state index in [2.05, 4.69) is 28.9 Å². The van der Waals surface area contributed by atoms with E-state index in [0.717, 1.165) is 21.8 Å². The molecule has 1 aromatic heterocycles. The second-order valence-corrected chi connectivity index (χ2v) is 6.61. The number of ether oxygens (including phenoxy) is 1. The summed E-state index contributed by atoms with van der Waals surface area (Å²) in [6.07, 6.45) is 1.46. The first-order chi connectivity index (χ1) is 9.24. The number of fused-ring (bicyclic) bond motifs is 1. The lowest BCUT2D eigenvalue weighted by molar-refractivity contribution is 0.0544. The van der Waals surface area contributed by atoms with Crippen LogP contribution in [0.5, 0.6) is 0 Å². The number of benzene rings is 1. The van der Waals surface area contributed by atoms with Gasteiger partial charge in [0.1, 0.15) is 5.60 Å².